The van der Waals surface area contributed by atoms with Gasteiger partial charge in [0.2, 0.25) is 0 Å². The zero-order valence-corrected chi connectivity index (χ0v) is 17.9. The maximum atomic E-state index is 14.0. The van der Waals surface area contributed by atoms with Crippen LogP contribution in [0, 0.1) is 11.8 Å². The average Bonchev–Trinajstić information content (AvgIpc) is 3.39. The lowest BCUT2D eigenvalue weighted by Crippen LogP contribution is -2.46. The van der Waals surface area contributed by atoms with Gasteiger partial charge in [0.1, 0.15) is 11.4 Å². The third kappa shape index (κ3) is 3.02. The van der Waals surface area contributed by atoms with Gasteiger partial charge in [0, 0.05) is 55.9 Å². The van der Waals surface area contributed by atoms with Crippen molar-refractivity contribution < 1.29 is 18.6 Å². The predicted molar refractivity (Wildman–Crippen MR) is 115 cm³/mol. The summed E-state index contributed by atoms with van der Waals surface area (Å²) in [5.74, 6) is -2.44. The van der Waals surface area contributed by atoms with Crippen LogP contribution in [0.1, 0.15) is 37.6 Å². The third-order valence-corrected chi connectivity index (χ3v) is 6.93. The number of benzene rings is 1. The number of nitrogens with zero attached hydrogens (tertiary/aromatic N) is 4. The SMILES string of the molecule is CC1(C)Cc2cc(NC(O)c3cnn4cccnc34)c(N3CC4CC(F)(F)C4C3)cc2O1. The van der Waals surface area contributed by atoms with E-state index < -0.39 is 18.1 Å². The van der Waals surface area contributed by atoms with Gasteiger partial charge in [-0.2, -0.15) is 5.10 Å². The average molecular weight is 441 g/mol. The summed E-state index contributed by atoms with van der Waals surface area (Å²) in [6.45, 7) is 4.92. The number of hydrogen-bond acceptors (Lipinski definition) is 6. The van der Waals surface area contributed by atoms with E-state index in [0.717, 1.165) is 23.4 Å². The molecule has 168 valence electrons. The van der Waals surface area contributed by atoms with Gasteiger partial charge in [-0.15, -0.1) is 0 Å². The number of ether oxygens (including phenoxy) is 1. The number of hydrogen-bond donors (Lipinski definition) is 2. The highest BCUT2D eigenvalue weighted by Gasteiger charge is 2.59. The fourth-order valence-electron chi connectivity index (χ4n) is 5.37. The Balaban J connectivity index is 1.36. The van der Waals surface area contributed by atoms with Crippen LogP contribution in [-0.4, -0.2) is 44.3 Å². The summed E-state index contributed by atoms with van der Waals surface area (Å²) in [6.07, 6.45) is 4.61. The van der Waals surface area contributed by atoms with Gasteiger partial charge in [-0.05, 0) is 31.9 Å². The van der Waals surface area contributed by atoms with Gasteiger partial charge in [-0.1, -0.05) is 0 Å². The minimum atomic E-state index is -2.59. The number of aliphatic hydroxyl groups is 1. The van der Waals surface area contributed by atoms with Crippen LogP contribution >= 0.6 is 0 Å². The Hall–Kier alpha value is -2.94. The molecule has 3 aliphatic rings. The molecule has 0 amide bonds. The minimum Gasteiger partial charge on any atom is -0.487 e. The molecule has 2 N–H and O–H groups in total. The zero-order valence-electron chi connectivity index (χ0n) is 17.9. The predicted octanol–water partition coefficient (Wildman–Crippen LogP) is 3.64. The molecule has 9 heteroatoms. The molecule has 2 fully saturated rings. The molecular formula is C23H25F2N5O2. The largest absolute Gasteiger partial charge is 0.487 e. The monoisotopic (exact) mass is 441 g/mol. The quantitative estimate of drug-likeness (QED) is 0.603. The normalized spacial score (nSPS) is 25.7. The highest BCUT2D eigenvalue weighted by atomic mass is 19.3. The maximum absolute atomic E-state index is 14.0. The van der Waals surface area contributed by atoms with Crippen molar-refractivity contribution in [1.29, 1.82) is 0 Å². The molecule has 1 aliphatic carbocycles. The molecule has 2 aromatic heterocycles. The molecule has 1 saturated heterocycles. The summed E-state index contributed by atoms with van der Waals surface area (Å²) in [6, 6.07) is 5.66. The molecular weight excluding hydrogens is 416 g/mol. The van der Waals surface area contributed by atoms with Gasteiger partial charge in [-0.25, -0.2) is 18.3 Å². The molecule has 4 heterocycles. The van der Waals surface area contributed by atoms with Gasteiger partial charge in [-0.3, -0.25) is 0 Å². The molecule has 1 aromatic carbocycles. The smallest absolute Gasteiger partial charge is 0.253 e. The second kappa shape index (κ2) is 6.54. The highest BCUT2D eigenvalue weighted by Crippen LogP contribution is 2.54. The second-order valence-corrected chi connectivity index (χ2v) is 9.79. The molecule has 0 bridgehead atoms. The van der Waals surface area contributed by atoms with Crippen LogP contribution in [0.4, 0.5) is 20.2 Å². The topological polar surface area (TPSA) is 74.9 Å². The van der Waals surface area contributed by atoms with Crippen molar-refractivity contribution in [2.75, 3.05) is 23.3 Å². The van der Waals surface area contributed by atoms with E-state index in [4.69, 9.17) is 4.74 Å². The summed E-state index contributed by atoms with van der Waals surface area (Å²) in [4.78, 5) is 6.31. The molecule has 32 heavy (non-hydrogen) atoms. The van der Waals surface area contributed by atoms with E-state index in [1.54, 1.807) is 29.2 Å². The van der Waals surface area contributed by atoms with Crippen LogP contribution in [0.25, 0.3) is 5.65 Å². The number of aliphatic hydroxyl groups excluding tert-OH is 1. The van der Waals surface area contributed by atoms with E-state index in [-0.39, 0.29) is 17.9 Å². The number of halogens is 2. The maximum Gasteiger partial charge on any atom is 0.253 e. The Kier molecular flexibility index (Phi) is 4.03. The van der Waals surface area contributed by atoms with Crippen molar-refractivity contribution in [3.8, 4) is 5.75 Å². The number of anilines is 2. The first-order chi connectivity index (χ1) is 15.2. The molecule has 1 saturated carbocycles. The molecule has 0 spiro atoms. The number of nitrogens with one attached hydrogen (secondary N) is 1. The number of rotatable bonds is 4. The zero-order chi connectivity index (χ0) is 22.3. The first kappa shape index (κ1) is 19.7. The lowest BCUT2D eigenvalue weighted by atomic mass is 9.72. The standard InChI is InChI=1S/C23H25F2N5O2/c1-22(2)8-13-6-17(28-21(31)15-10-27-30-5-3-4-26-20(15)30)18(7-19(13)32-22)29-11-14-9-23(24,25)16(14)12-29/h3-7,10,14,16,21,28,31H,8-9,11-12H2,1-2H3. The van der Waals surface area contributed by atoms with Gasteiger partial charge < -0.3 is 20.1 Å². The summed E-state index contributed by atoms with van der Waals surface area (Å²) >= 11 is 0. The molecule has 0 radical (unpaired) electrons. The summed E-state index contributed by atoms with van der Waals surface area (Å²) in [7, 11) is 0. The van der Waals surface area contributed by atoms with Gasteiger partial charge >= 0.3 is 0 Å². The first-order valence-corrected chi connectivity index (χ1v) is 10.9. The fraction of sp³-hybridized carbons (Fsp3) is 0.478. The van der Waals surface area contributed by atoms with E-state index >= 15 is 0 Å². The van der Waals surface area contributed by atoms with Crippen molar-refractivity contribution in [3.05, 3.63) is 47.9 Å². The van der Waals surface area contributed by atoms with Crippen LogP contribution < -0.4 is 15.0 Å². The van der Waals surface area contributed by atoms with E-state index in [1.807, 2.05) is 30.9 Å². The molecule has 6 rings (SSSR count). The van der Waals surface area contributed by atoms with Crippen molar-refractivity contribution in [2.45, 2.75) is 44.4 Å². The van der Waals surface area contributed by atoms with E-state index in [2.05, 4.69) is 15.4 Å². The van der Waals surface area contributed by atoms with Crippen molar-refractivity contribution >= 4 is 17.0 Å². The first-order valence-electron chi connectivity index (χ1n) is 10.9. The number of aromatic nitrogens is 3. The summed E-state index contributed by atoms with van der Waals surface area (Å²) < 4.78 is 35.8. The number of fused-ring (bicyclic) bond motifs is 3. The van der Waals surface area contributed by atoms with Crippen molar-refractivity contribution in [1.82, 2.24) is 14.6 Å². The molecule has 3 aromatic rings. The van der Waals surface area contributed by atoms with Crippen LogP contribution in [0.2, 0.25) is 0 Å². The fourth-order valence-corrected chi connectivity index (χ4v) is 5.37. The molecule has 3 atom stereocenters. The molecule has 7 nitrogen and oxygen atoms in total. The minimum absolute atomic E-state index is 0.00259. The van der Waals surface area contributed by atoms with Gasteiger partial charge in [0.25, 0.3) is 5.92 Å². The molecule has 3 unspecified atom stereocenters. The van der Waals surface area contributed by atoms with Crippen LogP contribution in [0.15, 0.2) is 36.8 Å². The Morgan fingerprint density at radius 2 is 2.12 bits per heavy atom. The summed E-state index contributed by atoms with van der Waals surface area (Å²) in [5, 5.41) is 18.4. The van der Waals surface area contributed by atoms with Crippen molar-refractivity contribution in [3.63, 3.8) is 0 Å². The van der Waals surface area contributed by atoms with Gasteiger partial charge in [0.05, 0.1) is 23.1 Å². The Morgan fingerprint density at radius 1 is 1.28 bits per heavy atom. The van der Waals surface area contributed by atoms with Crippen LogP contribution in [0.5, 0.6) is 5.75 Å². The number of alkyl halides is 2. The van der Waals surface area contributed by atoms with E-state index in [9.17, 15) is 13.9 Å². The lowest BCUT2D eigenvalue weighted by molar-refractivity contribution is -0.152. The Bertz CT molecular complexity index is 1210. The Labute approximate surface area is 184 Å². The van der Waals surface area contributed by atoms with Crippen LogP contribution in [0.3, 0.4) is 0 Å². The summed E-state index contributed by atoms with van der Waals surface area (Å²) in [5.41, 5.74) is 3.26. The van der Waals surface area contributed by atoms with E-state index in [1.165, 1.54) is 0 Å². The highest BCUT2D eigenvalue weighted by molar-refractivity contribution is 5.75. The van der Waals surface area contributed by atoms with E-state index in [0.29, 0.717) is 30.0 Å². The van der Waals surface area contributed by atoms with Gasteiger partial charge in [0.15, 0.2) is 11.9 Å². The third-order valence-electron chi connectivity index (χ3n) is 6.93. The Morgan fingerprint density at radius 3 is 2.91 bits per heavy atom. The van der Waals surface area contributed by atoms with Crippen LogP contribution in [-0.2, 0) is 6.42 Å². The lowest BCUT2D eigenvalue weighted by Gasteiger charge is -2.38. The second-order valence-electron chi connectivity index (χ2n) is 9.79. The molecule has 2 aliphatic heterocycles. The van der Waals surface area contributed by atoms with Crippen molar-refractivity contribution in [2.24, 2.45) is 11.8 Å².